The van der Waals surface area contributed by atoms with Crippen molar-refractivity contribution in [2.24, 2.45) is 11.3 Å². The van der Waals surface area contributed by atoms with E-state index in [4.69, 9.17) is 0 Å². The van der Waals surface area contributed by atoms with E-state index in [1.165, 1.54) is 0 Å². The summed E-state index contributed by atoms with van der Waals surface area (Å²) >= 11 is 2.00. The van der Waals surface area contributed by atoms with Crippen molar-refractivity contribution in [2.45, 2.75) is 52.2 Å². The summed E-state index contributed by atoms with van der Waals surface area (Å²) in [4.78, 5) is 11.3. The molecule has 0 aliphatic heterocycles. The lowest BCUT2D eigenvalue weighted by Gasteiger charge is -2.30. The Kier molecular flexibility index (Phi) is 4.05. The molecule has 82 valence electrons. The van der Waals surface area contributed by atoms with Gasteiger partial charge in [0.15, 0.2) is 0 Å². The molecule has 0 spiro atoms. The molecule has 0 bridgehead atoms. The molecular weight excluding hydrogens is 192 g/mol. The molecule has 0 aromatic rings. The smallest absolute Gasteiger partial charge is 0.134 e. The Morgan fingerprint density at radius 1 is 1.43 bits per heavy atom. The van der Waals surface area contributed by atoms with Gasteiger partial charge in [-0.3, -0.25) is 4.79 Å². The van der Waals surface area contributed by atoms with Gasteiger partial charge in [-0.1, -0.05) is 27.7 Å². The molecule has 0 radical (unpaired) electrons. The van der Waals surface area contributed by atoms with Crippen molar-refractivity contribution in [3.05, 3.63) is 0 Å². The van der Waals surface area contributed by atoms with Gasteiger partial charge in [-0.2, -0.15) is 11.8 Å². The minimum absolute atomic E-state index is 0.380. The van der Waals surface area contributed by atoms with E-state index in [2.05, 4.69) is 27.7 Å². The van der Waals surface area contributed by atoms with Crippen molar-refractivity contribution in [3.8, 4) is 0 Å². The monoisotopic (exact) mass is 214 g/mol. The van der Waals surface area contributed by atoms with E-state index in [0.29, 0.717) is 16.4 Å². The van der Waals surface area contributed by atoms with Crippen molar-refractivity contribution < 1.29 is 4.79 Å². The molecule has 0 saturated heterocycles. The molecule has 1 fully saturated rings. The number of thioether (sulfide) groups is 1. The predicted molar refractivity (Wildman–Crippen MR) is 63.7 cm³/mol. The van der Waals surface area contributed by atoms with Gasteiger partial charge in [0.1, 0.15) is 5.78 Å². The number of carbonyl (C=O) groups is 1. The summed E-state index contributed by atoms with van der Waals surface area (Å²) in [5.74, 6) is 2.35. The average molecular weight is 214 g/mol. The Bertz CT molecular complexity index is 205. The summed E-state index contributed by atoms with van der Waals surface area (Å²) < 4.78 is 0. The molecule has 2 atom stereocenters. The van der Waals surface area contributed by atoms with Crippen LogP contribution in [0, 0.1) is 11.3 Å². The Labute approximate surface area is 92.0 Å². The van der Waals surface area contributed by atoms with Crippen LogP contribution < -0.4 is 0 Å². The molecule has 1 saturated carbocycles. The van der Waals surface area contributed by atoms with E-state index in [0.717, 1.165) is 30.9 Å². The molecule has 0 N–H and O–H groups in total. The molecule has 1 rings (SSSR count). The first-order valence-electron chi connectivity index (χ1n) is 5.52. The zero-order chi connectivity index (χ0) is 10.8. The second kappa shape index (κ2) is 4.69. The maximum atomic E-state index is 11.3. The number of hydrogen-bond acceptors (Lipinski definition) is 2. The highest BCUT2D eigenvalue weighted by atomic mass is 32.2. The van der Waals surface area contributed by atoms with E-state index in [1.54, 1.807) is 0 Å². The van der Waals surface area contributed by atoms with Gasteiger partial charge >= 0.3 is 0 Å². The maximum Gasteiger partial charge on any atom is 0.134 e. The first kappa shape index (κ1) is 12.1. The Hall–Kier alpha value is 0.0200. The van der Waals surface area contributed by atoms with Gasteiger partial charge in [0.25, 0.3) is 0 Å². The van der Waals surface area contributed by atoms with Crippen LogP contribution in [0.1, 0.15) is 47.0 Å². The van der Waals surface area contributed by atoms with Crippen molar-refractivity contribution in [1.29, 1.82) is 0 Å². The summed E-state index contributed by atoms with van der Waals surface area (Å²) in [5, 5.41) is 0.579. The van der Waals surface area contributed by atoms with Crippen LogP contribution in [0.5, 0.6) is 0 Å². The molecule has 2 heteroatoms. The van der Waals surface area contributed by atoms with Gasteiger partial charge in [-0.15, -0.1) is 0 Å². The number of hydrogen-bond donors (Lipinski definition) is 0. The third kappa shape index (κ3) is 4.04. The van der Waals surface area contributed by atoms with E-state index in [9.17, 15) is 4.79 Å². The Morgan fingerprint density at radius 3 is 2.64 bits per heavy atom. The first-order chi connectivity index (χ1) is 6.38. The van der Waals surface area contributed by atoms with Gasteiger partial charge in [-0.25, -0.2) is 0 Å². The quantitative estimate of drug-likeness (QED) is 0.699. The molecule has 0 aromatic carbocycles. The van der Waals surface area contributed by atoms with Gasteiger partial charge in [0.2, 0.25) is 0 Å². The Balaban J connectivity index is 2.38. The third-order valence-electron chi connectivity index (χ3n) is 2.67. The summed E-state index contributed by atoms with van der Waals surface area (Å²) in [5.41, 5.74) is 0.380. The number of Topliss-reactive ketones (excluding diaryl/α,β-unsaturated/α-hetero) is 1. The van der Waals surface area contributed by atoms with Crippen molar-refractivity contribution >= 4 is 17.5 Å². The topological polar surface area (TPSA) is 17.1 Å². The predicted octanol–water partition coefficient (Wildman–Crippen LogP) is 3.52. The van der Waals surface area contributed by atoms with Crippen molar-refractivity contribution in [1.82, 2.24) is 0 Å². The first-order valence-corrected chi connectivity index (χ1v) is 6.57. The van der Waals surface area contributed by atoms with Crippen LogP contribution in [-0.4, -0.2) is 16.8 Å². The van der Waals surface area contributed by atoms with Crippen LogP contribution in [0.25, 0.3) is 0 Å². The molecule has 1 aliphatic rings. The summed E-state index contributed by atoms with van der Waals surface area (Å²) in [7, 11) is 0. The molecule has 14 heavy (non-hydrogen) atoms. The molecule has 1 aliphatic carbocycles. The lowest BCUT2D eigenvalue weighted by Crippen LogP contribution is -2.26. The minimum Gasteiger partial charge on any atom is -0.300 e. The molecule has 1 nitrogen and oxygen atoms in total. The van der Waals surface area contributed by atoms with E-state index < -0.39 is 0 Å². The van der Waals surface area contributed by atoms with E-state index in [1.807, 2.05) is 11.8 Å². The van der Waals surface area contributed by atoms with Crippen LogP contribution in [0.3, 0.4) is 0 Å². The minimum atomic E-state index is 0.380. The Morgan fingerprint density at radius 2 is 2.07 bits per heavy atom. The normalized spacial score (nSPS) is 29.3. The van der Waals surface area contributed by atoms with Gasteiger partial charge in [0.05, 0.1) is 0 Å². The fourth-order valence-corrected chi connectivity index (χ4v) is 3.16. The fraction of sp³-hybridized carbons (Fsp3) is 0.917. The number of carbonyl (C=O) groups excluding carboxylic acids is 1. The highest BCUT2D eigenvalue weighted by Gasteiger charge is 2.27. The summed E-state index contributed by atoms with van der Waals surface area (Å²) in [6, 6.07) is 0. The zero-order valence-corrected chi connectivity index (χ0v) is 10.6. The van der Waals surface area contributed by atoms with Crippen molar-refractivity contribution in [3.63, 3.8) is 0 Å². The van der Waals surface area contributed by atoms with Gasteiger partial charge in [-0.05, 0) is 23.5 Å². The van der Waals surface area contributed by atoms with Crippen LogP contribution in [-0.2, 0) is 4.79 Å². The second-order valence-electron chi connectivity index (χ2n) is 5.67. The van der Waals surface area contributed by atoms with Crippen LogP contribution in [0.4, 0.5) is 0 Å². The second-order valence-corrected chi connectivity index (χ2v) is 6.90. The molecule has 0 amide bonds. The molecule has 0 heterocycles. The molecule has 2 unspecified atom stereocenters. The largest absolute Gasteiger partial charge is 0.300 e. The SMILES string of the molecule is CC1CCC(=O)CC1SCC(C)(C)C. The molecule has 0 aromatic heterocycles. The highest BCUT2D eigenvalue weighted by molar-refractivity contribution is 7.99. The maximum absolute atomic E-state index is 11.3. The van der Waals surface area contributed by atoms with E-state index >= 15 is 0 Å². The standard InChI is InChI=1S/C12H22OS/c1-9-5-6-10(13)7-11(9)14-8-12(2,3)4/h9,11H,5-8H2,1-4H3. The van der Waals surface area contributed by atoms with E-state index in [-0.39, 0.29) is 0 Å². The van der Waals surface area contributed by atoms with Crippen LogP contribution >= 0.6 is 11.8 Å². The summed E-state index contributed by atoms with van der Waals surface area (Å²) in [6.07, 6.45) is 2.72. The zero-order valence-electron chi connectivity index (χ0n) is 9.80. The number of ketones is 1. The highest BCUT2D eigenvalue weighted by Crippen LogP contribution is 2.34. The average Bonchev–Trinajstić information content (AvgIpc) is 2.05. The molecular formula is C12H22OS. The van der Waals surface area contributed by atoms with Gasteiger partial charge in [0, 0.05) is 18.1 Å². The van der Waals surface area contributed by atoms with Crippen LogP contribution in [0.2, 0.25) is 0 Å². The van der Waals surface area contributed by atoms with Crippen molar-refractivity contribution in [2.75, 3.05) is 5.75 Å². The lowest BCUT2D eigenvalue weighted by molar-refractivity contribution is -0.120. The third-order valence-corrected chi connectivity index (χ3v) is 4.76. The summed E-state index contributed by atoms with van der Waals surface area (Å²) in [6.45, 7) is 9.06. The number of rotatable bonds is 2. The lowest BCUT2D eigenvalue weighted by atomic mass is 9.89. The fourth-order valence-electron chi connectivity index (χ4n) is 1.68. The van der Waals surface area contributed by atoms with Crippen LogP contribution in [0.15, 0.2) is 0 Å². The van der Waals surface area contributed by atoms with Gasteiger partial charge < -0.3 is 0 Å².